The summed E-state index contributed by atoms with van der Waals surface area (Å²) in [6.45, 7) is 1.55. The van der Waals surface area contributed by atoms with E-state index in [9.17, 15) is 18.0 Å². The van der Waals surface area contributed by atoms with Crippen LogP contribution in [0.2, 0.25) is 0 Å². The zero-order valence-corrected chi connectivity index (χ0v) is 9.29. The van der Waals surface area contributed by atoms with Crippen LogP contribution in [-0.4, -0.2) is 51.4 Å². The molecule has 0 bridgehead atoms. The summed E-state index contributed by atoms with van der Waals surface area (Å²) in [5.74, 6) is -3.26. The number of aliphatic carboxylic acids is 2. The molecule has 3 N–H and O–H groups in total. The van der Waals surface area contributed by atoms with Crippen molar-refractivity contribution in [3.8, 4) is 0 Å². The standard InChI is InChI=1S/C6H10O7S2/c1-2-14-3(5(7)8)4(6(9)10)15(11,12)13/h3-4H,2H2,1H3,(H,7,8)(H,9,10)(H,11,12,13). The van der Waals surface area contributed by atoms with Crippen LogP contribution in [0.25, 0.3) is 0 Å². The molecule has 88 valence electrons. The number of thioether (sulfide) groups is 1. The molecule has 0 spiro atoms. The van der Waals surface area contributed by atoms with Gasteiger partial charge in [-0.25, -0.2) is 0 Å². The lowest BCUT2D eigenvalue weighted by Crippen LogP contribution is -2.43. The van der Waals surface area contributed by atoms with Crippen LogP contribution < -0.4 is 0 Å². The minimum Gasteiger partial charge on any atom is -0.480 e. The topological polar surface area (TPSA) is 129 Å². The van der Waals surface area contributed by atoms with Crippen molar-refractivity contribution < 1.29 is 32.8 Å². The monoisotopic (exact) mass is 258 g/mol. The largest absolute Gasteiger partial charge is 0.480 e. The lowest BCUT2D eigenvalue weighted by molar-refractivity contribution is -0.142. The molecule has 0 amide bonds. The third kappa shape index (κ3) is 4.06. The zero-order valence-electron chi connectivity index (χ0n) is 7.65. The Morgan fingerprint density at radius 3 is 1.93 bits per heavy atom. The van der Waals surface area contributed by atoms with Crippen LogP contribution in [0.4, 0.5) is 0 Å². The van der Waals surface area contributed by atoms with Crippen molar-refractivity contribution in [3.63, 3.8) is 0 Å². The molecule has 15 heavy (non-hydrogen) atoms. The summed E-state index contributed by atoms with van der Waals surface area (Å²) in [6.07, 6.45) is 0. The number of hydrogen-bond donors (Lipinski definition) is 3. The van der Waals surface area contributed by atoms with Gasteiger partial charge in [-0.3, -0.25) is 14.1 Å². The maximum Gasteiger partial charge on any atom is 0.326 e. The van der Waals surface area contributed by atoms with E-state index in [0.29, 0.717) is 11.8 Å². The summed E-state index contributed by atoms with van der Waals surface area (Å²) >= 11 is 0.628. The minimum absolute atomic E-state index is 0.219. The van der Waals surface area contributed by atoms with Gasteiger partial charge in [0, 0.05) is 0 Å². The second kappa shape index (κ2) is 5.33. The fraction of sp³-hybridized carbons (Fsp3) is 0.667. The van der Waals surface area contributed by atoms with Crippen LogP contribution in [0.3, 0.4) is 0 Å². The van der Waals surface area contributed by atoms with Gasteiger partial charge in [-0.15, -0.1) is 11.8 Å². The predicted octanol–water partition coefficient (Wildman–Crippen LogP) is -0.466. The number of carboxylic acid groups (broad SMARTS) is 2. The molecule has 0 heterocycles. The molecule has 0 aliphatic heterocycles. The molecule has 7 nitrogen and oxygen atoms in total. The van der Waals surface area contributed by atoms with Gasteiger partial charge >= 0.3 is 11.9 Å². The molecular formula is C6H10O7S2. The lowest BCUT2D eigenvalue weighted by atomic mass is 10.3. The highest BCUT2D eigenvalue weighted by Gasteiger charge is 2.43. The fourth-order valence-corrected chi connectivity index (χ4v) is 3.01. The first-order chi connectivity index (χ1) is 6.71. The normalized spacial score (nSPS) is 15.6. The summed E-state index contributed by atoms with van der Waals surface area (Å²) in [4.78, 5) is 21.2. The Hall–Kier alpha value is -0.800. The first-order valence-electron chi connectivity index (χ1n) is 3.75. The second-order valence-corrected chi connectivity index (χ2v) is 5.44. The van der Waals surface area contributed by atoms with Gasteiger partial charge in [0.1, 0.15) is 5.25 Å². The summed E-state index contributed by atoms with van der Waals surface area (Å²) < 4.78 is 30.0. The van der Waals surface area contributed by atoms with E-state index in [0.717, 1.165) is 0 Å². The number of hydrogen-bond acceptors (Lipinski definition) is 5. The molecule has 0 aliphatic carbocycles. The van der Waals surface area contributed by atoms with Crippen molar-refractivity contribution in [2.24, 2.45) is 0 Å². The van der Waals surface area contributed by atoms with Gasteiger partial charge in [0.2, 0.25) is 5.25 Å². The van der Waals surface area contributed by atoms with Crippen molar-refractivity contribution >= 4 is 33.8 Å². The van der Waals surface area contributed by atoms with Crippen LogP contribution in [-0.2, 0) is 19.7 Å². The summed E-state index contributed by atoms with van der Waals surface area (Å²) in [5, 5.41) is 13.1. The maximum atomic E-state index is 10.7. The molecule has 2 atom stereocenters. The van der Waals surface area contributed by atoms with Gasteiger partial charge in [-0.05, 0) is 5.75 Å². The van der Waals surface area contributed by atoms with Crippen LogP contribution in [0.5, 0.6) is 0 Å². The molecule has 0 fully saturated rings. The fourth-order valence-electron chi connectivity index (χ4n) is 0.881. The molecule has 0 rings (SSSR count). The van der Waals surface area contributed by atoms with Crippen molar-refractivity contribution in [2.45, 2.75) is 17.4 Å². The zero-order chi connectivity index (χ0) is 12.2. The van der Waals surface area contributed by atoms with E-state index in [1.54, 1.807) is 6.92 Å². The Morgan fingerprint density at radius 1 is 1.27 bits per heavy atom. The van der Waals surface area contributed by atoms with Crippen LogP contribution in [0, 0.1) is 0 Å². The highest BCUT2D eigenvalue weighted by atomic mass is 32.2. The Labute approximate surface area is 90.2 Å². The van der Waals surface area contributed by atoms with E-state index in [-0.39, 0.29) is 5.75 Å². The van der Waals surface area contributed by atoms with Gasteiger partial charge in [0.15, 0.2) is 0 Å². The van der Waals surface area contributed by atoms with Crippen molar-refractivity contribution in [3.05, 3.63) is 0 Å². The highest BCUT2D eigenvalue weighted by Crippen LogP contribution is 2.20. The third-order valence-corrected chi connectivity index (χ3v) is 3.88. The maximum absolute atomic E-state index is 10.7. The van der Waals surface area contributed by atoms with Gasteiger partial charge < -0.3 is 10.2 Å². The molecule has 0 aromatic carbocycles. The molecule has 2 unspecified atom stereocenters. The predicted molar refractivity (Wildman–Crippen MR) is 52.5 cm³/mol. The smallest absolute Gasteiger partial charge is 0.326 e. The average molecular weight is 258 g/mol. The minimum atomic E-state index is -4.93. The van der Waals surface area contributed by atoms with Gasteiger partial charge in [0.05, 0.1) is 0 Å². The first-order valence-corrected chi connectivity index (χ1v) is 6.30. The van der Waals surface area contributed by atoms with E-state index in [1.165, 1.54) is 0 Å². The average Bonchev–Trinajstić information content (AvgIpc) is 1.99. The Morgan fingerprint density at radius 2 is 1.73 bits per heavy atom. The molecule has 9 heteroatoms. The Bertz CT molecular complexity index is 346. The van der Waals surface area contributed by atoms with E-state index in [2.05, 4.69) is 0 Å². The molecular weight excluding hydrogens is 248 g/mol. The number of rotatable bonds is 6. The van der Waals surface area contributed by atoms with E-state index < -0.39 is 32.6 Å². The molecule has 0 aromatic heterocycles. The highest BCUT2D eigenvalue weighted by molar-refractivity contribution is 8.01. The van der Waals surface area contributed by atoms with Crippen molar-refractivity contribution in [1.29, 1.82) is 0 Å². The van der Waals surface area contributed by atoms with Crippen molar-refractivity contribution in [2.75, 3.05) is 5.75 Å². The molecule has 0 aromatic rings. The molecule has 0 radical (unpaired) electrons. The summed E-state index contributed by atoms with van der Waals surface area (Å²) in [7, 11) is -4.93. The van der Waals surface area contributed by atoms with Crippen LogP contribution >= 0.6 is 11.8 Å². The Kier molecular flexibility index (Phi) is 5.05. The van der Waals surface area contributed by atoms with E-state index in [1.807, 2.05) is 0 Å². The van der Waals surface area contributed by atoms with Crippen molar-refractivity contribution in [1.82, 2.24) is 0 Å². The van der Waals surface area contributed by atoms with Gasteiger partial charge in [0.25, 0.3) is 10.1 Å². The SMILES string of the molecule is CCSC(C(=O)O)C(C(=O)O)S(=O)(=O)O. The first kappa shape index (κ1) is 14.2. The summed E-state index contributed by atoms with van der Waals surface area (Å²) in [6, 6.07) is 0. The lowest BCUT2D eigenvalue weighted by Gasteiger charge is -2.16. The van der Waals surface area contributed by atoms with Gasteiger partial charge in [-0.2, -0.15) is 8.42 Å². The molecule has 0 saturated heterocycles. The van der Waals surface area contributed by atoms with Gasteiger partial charge in [-0.1, -0.05) is 6.92 Å². The number of carboxylic acids is 2. The second-order valence-electron chi connectivity index (χ2n) is 2.49. The third-order valence-electron chi connectivity index (χ3n) is 1.43. The Balaban J connectivity index is 5.20. The van der Waals surface area contributed by atoms with E-state index in [4.69, 9.17) is 14.8 Å². The van der Waals surface area contributed by atoms with Crippen LogP contribution in [0.15, 0.2) is 0 Å². The molecule has 0 saturated carbocycles. The number of carbonyl (C=O) groups is 2. The van der Waals surface area contributed by atoms with Crippen LogP contribution in [0.1, 0.15) is 6.92 Å². The molecule has 0 aliphatic rings. The summed E-state index contributed by atoms with van der Waals surface area (Å²) in [5.41, 5.74) is 0. The van der Waals surface area contributed by atoms with E-state index >= 15 is 0 Å². The quantitative estimate of drug-likeness (QED) is 0.545.